The topological polar surface area (TPSA) is 38.8 Å². The molecule has 106 valence electrons. The third-order valence-electron chi connectivity index (χ3n) is 4.90. The van der Waals surface area contributed by atoms with Crippen LogP contribution < -0.4 is 3.93 Å². The van der Waals surface area contributed by atoms with Crippen LogP contribution in [0.4, 0.5) is 5.69 Å². The molecule has 1 saturated carbocycles. The fraction of sp³-hybridized carbons (Fsp3) is 0.533. The Morgan fingerprint density at radius 3 is 2.40 bits per heavy atom. The Kier molecular flexibility index (Phi) is 2.75. The summed E-state index contributed by atoms with van der Waals surface area (Å²) in [5, 5.41) is 0. The maximum absolute atomic E-state index is 12.7. The van der Waals surface area contributed by atoms with E-state index in [9.17, 15) is 4.79 Å². The molecule has 2 heterocycles. The van der Waals surface area contributed by atoms with Crippen molar-refractivity contribution in [3.05, 3.63) is 29.8 Å². The lowest BCUT2D eigenvalue weighted by Crippen LogP contribution is -2.46. The zero-order valence-corrected chi connectivity index (χ0v) is 12.7. The van der Waals surface area contributed by atoms with Crippen LogP contribution in [0.5, 0.6) is 0 Å². The molecule has 0 atom stereocenters. The summed E-state index contributed by atoms with van der Waals surface area (Å²) in [6.45, 7) is 1.34. The van der Waals surface area contributed by atoms with Crippen molar-refractivity contribution in [2.45, 2.75) is 36.9 Å². The number of para-hydroxylation sites is 1. The van der Waals surface area contributed by atoms with E-state index in [1.54, 1.807) is 3.93 Å². The van der Waals surface area contributed by atoms with Crippen molar-refractivity contribution in [1.82, 2.24) is 0 Å². The van der Waals surface area contributed by atoms with Crippen LogP contribution in [0.3, 0.4) is 0 Å². The summed E-state index contributed by atoms with van der Waals surface area (Å²) < 4.78 is 13.2. The average molecular weight is 338 g/mol. The van der Waals surface area contributed by atoms with Crippen molar-refractivity contribution < 1.29 is 14.3 Å². The molecule has 0 N–H and O–H groups in total. The van der Waals surface area contributed by atoms with Crippen molar-refractivity contribution in [3.63, 3.8) is 0 Å². The fourth-order valence-corrected chi connectivity index (χ4v) is 4.44. The number of carbonyl (C=O) groups is 1. The van der Waals surface area contributed by atoms with E-state index in [0.29, 0.717) is 13.2 Å². The molecular weight excluding hydrogens is 322 g/mol. The van der Waals surface area contributed by atoms with E-state index in [1.807, 2.05) is 18.2 Å². The summed E-state index contributed by atoms with van der Waals surface area (Å²) in [5.74, 6) is -0.285. The first-order chi connectivity index (χ1) is 9.67. The number of amides is 1. The van der Waals surface area contributed by atoms with Crippen LogP contribution in [0.2, 0.25) is 0 Å². The lowest BCUT2D eigenvalue weighted by atomic mass is 9.68. The number of ether oxygens (including phenoxy) is 2. The highest BCUT2D eigenvalue weighted by Crippen LogP contribution is 2.54. The van der Waals surface area contributed by atoms with Crippen molar-refractivity contribution in [2.75, 3.05) is 17.1 Å². The van der Waals surface area contributed by atoms with Crippen LogP contribution in [0.15, 0.2) is 24.3 Å². The predicted octanol–water partition coefficient (Wildman–Crippen LogP) is 2.90. The van der Waals surface area contributed by atoms with Gasteiger partial charge in [0.15, 0.2) is 5.79 Å². The Balaban J connectivity index is 1.70. The SMILES string of the molecule is O=C1N(Br)c2ccccc2C12CCC1(CC2)OCCO1. The van der Waals surface area contributed by atoms with Gasteiger partial charge in [-0.3, -0.25) is 4.79 Å². The number of hydrogen-bond donors (Lipinski definition) is 0. The number of halogens is 1. The van der Waals surface area contributed by atoms with Crippen molar-refractivity contribution >= 4 is 27.7 Å². The van der Waals surface area contributed by atoms with Gasteiger partial charge in [0.25, 0.3) is 0 Å². The Morgan fingerprint density at radius 1 is 1.05 bits per heavy atom. The summed E-state index contributed by atoms with van der Waals surface area (Å²) in [7, 11) is 0. The molecule has 5 heteroatoms. The molecule has 1 aliphatic carbocycles. The van der Waals surface area contributed by atoms with E-state index in [4.69, 9.17) is 9.47 Å². The molecule has 2 fully saturated rings. The molecule has 1 aromatic rings. The van der Waals surface area contributed by atoms with Crippen LogP contribution in [-0.2, 0) is 19.7 Å². The largest absolute Gasteiger partial charge is 0.348 e. The van der Waals surface area contributed by atoms with E-state index in [1.165, 1.54) is 0 Å². The Labute approximate surface area is 126 Å². The van der Waals surface area contributed by atoms with Gasteiger partial charge in [0.2, 0.25) is 5.91 Å². The van der Waals surface area contributed by atoms with Crippen molar-refractivity contribution in [1.29, 1.82) is 0 Å². The van der Waals surface area contributed by atoms with Crippen LogP contribution in [-0.4, -0.2) is 24.9 Å². The summed E-state index contributed by atoms with van der Waals surface area (Å²) in [6, 6.07) is 8.03. The molecule has 0 bridgehead atoms. The smallest absolute Gasteiger partial charge is 0.247 e. The second kappa shape index (κ2) is 4.29. The molecule has 4 rings (SSSR count). The lowest BCUT2D eigenvalue weighted by molar-refractivity contribution is -0.185. The molecule has 3 aliphatic rings. The Hall–Kier alpha value is -0.910. The summed E-state index contributed by atoms with van der Waals surface area (Å²) >= 11 is 3.41. The first-order valence-corrected chi connectivity index (χ1v) is 7.76. The van der Waals surface area contributed by atoms with Gasteiger partial charge in [0, 0.05) is 12.8 Å². The van der Waals surface area contributed by atoms with E-state index in [2.05, 4.69) is 22.2 Å². The third-order valence-corrected chi connectivity index (χ3v) is 5.60. The maximum Gasteiger partial charge on any atom is 0.247 e. The van der Waals surface area contributed by atoms with Gasteiger partial charge in [0.05, 0.1) is 40.5 Å². The quantitative estimate of drug-likeness (QED) is 0.683. The molecule has 2 aliphatic heterocycles. The molecule has 0 aromatic heterocycles. The van der Waals surface area contributed by atoms with Crippen LogP contribution in [0.25, 0.3) is 0 Å². The van der Waals surface area contributed by atoms with Gasteiger partial charge in [-0.25, -0.2) is 3.93 Å². The highest BCUT2D eigenvalue weighted by atomic mass is 79.9. The number of benzene rings is 1. The van der Waals surface area contributed by atoms with Gasteiger partial charge in [-0.15, -0.1) is 0 Å². The van der Waals surface area contributed by atoms with Gasteiger partial charge < -0.3 is 9.47 Å². The van der Waals surface area contributed by atoms with Gasteiger partial charge >= 0.3 is 0 Å². The minimum Gasteiger partial charge on any atom is -0.348 e. The number of hydrogen-bond acceptors (Lipinski definition) is 3. The number of nitrogens with zero attached hydrogens (tertiary/aromatic N) is 1. The highest BCUT2D eigenvalue weighted by Gasteiger charge is 2.55. The number of carbonyl (C=O) groups excluding carboxylic acids is 1. The molecule has 0 radical (unpaired) electrons. The highest BCUT2D eigenvalue weighted by molar-refractivity contribution is 9.10. The van der Waals surface area contributed by atoms with Crippen molar-refractivity contribution in [3.8, 4) is 0 Å². The van der Waals surface area contributed by atoms with E-state index in [0.717, 1.165) is 36.9 Å². The van der Waals surface area contributed by atoms with Gasteiger partial charge in [-0.05, 0) is 24.5 Å². The second-order valence-corrected chi connectivity index (χ2v) is 6.50. The molecular formula is C15H16BrNO3. The zero-order valence-electron chi connectivity index (χ0n) is 11.1. The number of anilines is 1. The standard InChI is InChI=1S/C15H16BrNO3/c16-17-12-4-2-1-3-11(12)14(13(17)18)5-7-15(8-6-14)19-9-10-20-15/h1-4H,5-10H2. The summed E-state index contributed by atoms with van der Waals surface area (Å²) in [5.41, 5.74) is 1.71. The maximum atomic E-state index is 12.7. The minimum atomic E-state index is -0.430. The number of fused-ring (bicyclic) bond motifs is 2. The van der Waals surface area contributed by atoms with Crippen LogP contribution >= 0.6 is 16.1 Å². The zero-order chi connectivity index (χ0) is 13.8. The molecule has 20 heavy (non-hydrogen) atoms. The van der Waals surface area contributed by atoms with Crippen molar-refractivity contribution in [2.24, 2.45) is 0 Å². The van der Waals surface area contributed by atoms with Gasteiger partial charge in [-0.2, -0.15) is 0 Å². The average Bonchev–Trinajstić information content (AvgIpc) is 3.02. The first kappa shape index (κ1) is 12.8. The van der Waals surface area contributed by atoms with Gasteiger partial charge in [0.1, 0.15) is 0 Å². The Bertz CT molecular complexity index is 558. The summed E-state index contributed by atoms with van der Waals surface area (Å²) in [6.07, 6.45) is 3.14. The second-order valence-electron chi connectivity index (χ2n) is 5.79. The van der Waals surface area contributed by atoms with E-state index >= 15 is 0 Å². The third kappa shape index (κ3) is 1.57. The monoisotopic (exact) mass is 337 g/mol. The molecule has 0 unspecified atom stereocenters. The predicted molar refractivity (Wildman–Crippen MR) is 77.6 cm³/mol. The normalized spacial score (nSPS) is 26.4. The fourth-order valence-electron chi connectivity index (χ4n) is 3.79. The molecule has 4 nitrogen and oxygen atoms in total. The van der Waals surface area contributed by atoms with Gasteiger partial charge in [-0.1, -0.05) is 18.2 Å². The lowest BCUT2D eigenvalue weighted by Gasteiger charge is -2.40. The molecule has 2 spiro atoms. The van der Waals surface area contributed by atoms with Crippen LogP contribution in [0, 0.1) is 0 Å². The summed E-state index contributed by atoms with van der Waals surface area (Å²) in [4.78, 5) is 12.7. The van der Waals surface area contributed by atoms with E-state index in [-0.39, 0.29) is 5.91 Å². The molecule has 1 aromatic carbocycles. The van der Waals surface area contributed by atoms with E-state index < -0.39 is 11.2 Å². The minimum absolute atomic E-state index is 0.145. The number of rotatable bonds is 0. The first-order valence-electron chi connectivity index (χ1n) is 7.05. The van der Waals surface area contributed by atoms with Crippen LogP contribution in [0.1, 0.15) is 31.2 Å². The molecule has 1 amide bonds. The molecule has 1 saturated heterocycles. The Morgan fingerprint density at radius 2 is 1.70 bits per heavy atom.